The van der Waals surface area contributed by atoms with Crippen LogP contribution in [0.5, 0.6) is 0 Å². The molecule has 1 aliphatic rings. The molecule has 102 valence electrons. The topological polar surface area (TPSA) is 48.9 Å². The molecule has 3 rings (SSSR count). The van der Waals surface area contributed by atoms with E-state index in [1.165, 1.54) is 18.4 Å². The van der Waals surface area contributed by atoms with Crippen molar-refractivity contribution in [3.63, 3.8) is 0 Å². The minimum absolute atomic E-state index is 0.192. The molecule has 1 heterocycles. The third kappa shape index (κ3) is 2.95. The van der Waals surface area contributed by atoms with E-state index in [9.17, 15) is 5.11 Å². The Bertz CT molecular complexity index is 566. The number of fused-ring (bicyclic) bond motifs is 1. The van der Waals surface area contributed by atoms with Crippen molar-refractivity contribution in [3.8, 4) is 0 Å². The van der Waals surface area contributed by atoms with Gasteiger partial charge in [0.15, 0.2) is 5.16 Å². The summed E-state index contributed by atoms with van der Waals surface area (Å²) in [5.74, 6) is 0. The Hall–Kier alpha value is -1.00. The summed E-state index contributed by atoms with van der Waals surface area (Å²) in [6, 6.07) is 6.25. The molecule has 1 saturated carbocycles. The van der Waals surface area contributed by atoms with Gasteiger partial charge < -0.3 is 10.1 Å². The summed E-state index contributed by atoms with van der Waals surface area (Å²) in [6.45, 7) is 2.09. The lowest BCUT2D eigenvalue weighted by Crippen LogP contribution is -2.21. The second-order valence-electron chi connectivity index (χ2n) is 5.42. The van der Waals surface area contributed by atoms with Crippen LogP contribution in [0.2, 0.25) is 0 Å². The molecule has 3 nitrogen and oxygen atoms in total. The first-order valence-corrected chi connectivity index (χ1v) is 7.91. The molecule has 2 N–H and O–H groups in total. The number of aliphatic hydroxyl groups is 1. The molecular weight excluding hydrogens is 256 g/mol. The number of aryl methyl sites for hydroxylation is 1. The molecule has 0 bridgehead atoms. The molecule has 0 radical (unpaired) electrons. The van der Waals surface area contributed by atoms with Crippen LogP contribution in [0.4, 0.5) is 0 Å². The fourth-order valence-corrected chi connectivity index (χ4v) is 3.88. The second kappa shape index (κ2) is 5.55. The molecule has 2 atom stereocenters. The molecule has 1 aromatic carbocycles. The van der Waals surface area contributed by atoms with E-state index in [2.05, 4.69) is 35.1 Å². The van der Waals surface area contributed by atoms with Gasteiger partial charge in [0.2, 0.25) is 0 Å². The lowest BCUT2D eigenvalue weighted by Gasteiger charge is -2.17. The number of H-pyrrole nitrogens is 1. The number of hydrogen-bond acceptors (Lipinski definition) is 3. The molecule has 0 aliphatic heterocycles. The molecule has 1 aromatic heterocycles. The van der Waals surface area contributed by atoms with Crippen LogP contribution in [0.15, 0.2) is 23.4 Å². The van der Waals surface area contributed by atoms with E-state index < -0.39 is 0 Å². The van der Waals surface area contributed by atoms with Gasteiger partial charge in [-0.15, -0.1) is 0 Å². The first-order valence-electron chi connectivity index (χ1n) is 7.03. The predicted octanol–water partition coefficient (Wildman–Crippen LogP) is 3.66. The lowest BCUT2D eigenvalue weighted by molar-refractivity contribution is 0.163. The van der Waals surface area contributed by atoms with Crippen molar-refractivity contribution < 1.29 is 5.11 Å². The Morgan fingerprint density at radius 3 is 3.00 bits per heavy atom. The van der Waals surface area contributed by atoms with Crippen molar-refractivity contribution in [2.24, 2.45) is 0 Å². The Morgan fingerprint density at radius 2 is 2.11 bits per heavy atom. The molecule has 19 heavy (non-hydrogen) atoms. The van der Waals surface area contributed by atoms with Gasteiger partial charge in [-0.05, 0) is 37.5 Å². The molecule has 1 aliphatic carbocycles. The van der Waals surface area contributed by atoms with E-state index in [0.717, 1.165) is 35.5 Å². The highest BCUT2D eigenvalue weighted by atomic mass is 32.2. The van der Waals surface area contributed by atoms with Crippen molar-refractivity contribution in [2.75, 3.05) is 0 Å². The van der Waals surface area contributed by atoms with Crippen molar-refractivity contribution in [1.29, 1.82) is 0 Å². The lowest BCUT2D eigenvalue weighted by atomic mass is 10.1. The summed E-state index contributed by atoms with van der Waals surface area (Å²) >= 11 is 1.70. The summed E-state index contributed by atoms with van der Waals surface area (Å²) in [6.07, 6.45) is 5.43. The molecule has 2 unspecified atom stereocenters. The van der Waals surface area contributed by atoms with Crippen LogP contribution in [-0.2, 0) is 0 Å². The number of aromatic nitrogens is 2. The number of aromatic amines is 1. The van der Waals surface area contributed by atoms with Crippen LogP contribution < -0.4 is 0 Å². The number of benzene rings is 1. The van der Waals surface area contributed by atoms with Gasteiger partial charge in [-0.25, -0.2) is 4.98 Å². The van der Waals surface area contributed by atoms with Gasteiger partial charge in [0.05, 0.1) is 17.1 Å². The van der Waals surface area contributed by atoms with Crippen molar-refractivity contribution in [1.82, 2.24) is 9.97 Å². The third-order valence-corrected chi connectivity index (χ3v) is 5.07. The maximum atomic E-state index is 10.2. The Morgan fingerprint density at radius 1 is 1.26 bits per heavy atom. The third-order valence-electron chi connectivity index (χ3n) is 3.80. The number of imidazole rings is 1. The monoisotopic (exact) mass is 276 g/mol. The zero-order valence-electron chi connectivity index (χ0n) is 11.2. The summed E-state index contributed by atoms with van der Waals surface area (Å²) < 4.78 is 0. The van der Waals surface area contributed by atoms with Crippen molar-refractivity contribution in [2.45, 2.75) is 55.5 Å². The molecule has 4 heteroatoms. The maximum Gasteiger partial charge on any atom is 0.166 e. The molecule has 2 aromatic rings. The van der Waals surface area contributed by atoms with Gasteiger partial charge in [-0.3, -0.25) is 0 Å². The average Bonchev–Trinajstić information content (AvgIpc) is 2.66. The smallest absolute Gasteiger partial charge is 0.166 e. The molecule has 0 saturated heterocycles. The van der Waals surface area contributed by atoms with Crippen molar-refractivity contribution in [3.05, 3.63) is 23.8 Å². The van der Waals surface area contributed by atoms with E-state index in [0.29, 0.717) is 0 Å². The van der Waals surface area contributed by atoms with Gasteiger partial charge in [-0.1, -0.05) is 37.1 Å². The fraction of sp³-hybridized carbons (Fsp3) is 0.533. The van der Waals surface area contributed by atoms with Gasteiger partial charge in [0.25, 0.3) is 0 Å². The summed E-state index contributed by atoms with van der Waals surface area (Å²) in [5.41, 5.74) is 3.34. The van der Waals surface area contributed by atoms with Crippen LogP contribution >= 0.6 is 11.8 Å². The van der Waals surface area contributed by atoms with Crippen molar-refractivity contribution >= 4 is 22.8 Å². The zero-order valence-corrected chi connectivity index (χ0v) is 12.0. The highest BCUT2D eigenvalue weighted by Crippen LogP contribution is 2.32. The van der Waals surface area contributed by atoms with E-state index in [-0.39, 0.29) is 11.4 Å². The van der Waals surface area contributed by atoms with Gasteiger partial charge in [0, 0.05) is 5.25 Å². The first kappa shape index (κ1) is 13.0. The molecular formula is C15H20N2OS. The van der Waals surface area contributed by atoms with E-state index in [1.807, 2.05) is 0 Å². The van der Waals surface area contributed by atoms with E-state index in [4.69, 9.17) is 0 Å². The Kier molecular flexibility index (Phi) is 3.80. The molecule has 0 amide bonds. The summed E-state index contributed by atoms with van der Waals surface area (Å²) in [4.78, 5) is 7.97. The van der Waals surface area contributed by atoms with Crippen LogP contribution in [0.1, 0.15) is 37.7 Å². The van der Waals surface area contributed by atoms with E-state index >= 15 is 0 Å². The number of thioether (sulfide) groups is 1. The largest absolute Gasteiger partial charge is 0.392 e. The molecule has 0 spiro atoms. The van der Waals surface area contributed by atoms with Crippen LogP contribution in [-0.4, -0.2) is 26.4 Å². The number of aliphatic hydroxyl groups excluding tert-OH is 1. The first-order chi connectivity index (χ1) is 9.22. The minimum Gasteiger partial charge on any atom is -0.392 e. The SMILES string of the molecule is Cc1ccc2nc(SC3CCCCCC3O)[nH]c2c1. The average molecular weight is 276 g/mol. The maximum absolute atomic E-state index is 10.2. The Balaban J connectivity index is 1.80. The minimum atomic E-state index is -0.192. The van der Waals surface area contributed by atoms with Gasteiger partial charge in [-0.2, -0.15) is 0 Å². The normalized spacial score (nSPS) is 24.5. The predicted molar refractivity (Wildman–Crippen MR) is 79.6 cm³/mol. The second-order valence-corrected chi connectivity index (χ2v) is 6.65. The van der Waals surface area contributed by atoms with Crippen LogP contribution in [0, 0.1) is 6.92 Å². The highest BCUT2D eigenvalue weighted by molar-refractivity contribution is 7.99. The van der Waals surface area contributed by atoms with Gasteiger partial charge >= 0.3 is 0 Å². The highest BCUT2D eigenvalue weighted by Gasteiger charge is 2.23. The zero-order chi connectivity index (χ0) is 13.2. The summed E-state index contributed by atoms with van der Waals surface area (Å²) in [5, 5.41) is 11.4. The van der Waals surface area contributed by atoms with Gasteiger partial charge in [0.1, 0.15) is 0 Å². The number of rotatable bonds is 2. The quantitative estimate of drug-likeness (QED) is 0.823. The number of nitrogens with zero attached hydrogens (tertiary/aromatic N) is 1. The van der Waals surface area contributed by atoms with Crippen LogP contribution in [0.3, 0.4) is 0 Å². The number of hydrogen-bond donors (Lipinski definition) is 2. The molecule has 1 fully saturated rings. The fourth-order valence-electron chi connectivity index (χ4n) is 2.69. The van der Waals surface area contributed by atoms with E-state index in [1.54, 1.807) is 11.8 Å². The van der Waals surface area contributed by atoms with Crippen LogP contribution in [0.25, 0.3) is 11.0 Å². The Labute approximate surface area is 117 Å². The summed E-state index contributed by atoms with van der Waals surface area (Å²) in [7, 11) is 0. The number of nitrogens with one attached hydrogen (secondary N) is 1. The standard InChI is InChI=1S/C15H20N2OS/c1-10-7-8-11-12(9-10)17-15(16-11)19-14-6-4-2-3-5-13(14)18/h7-9,13-14,18H,2-6H2,1H3,(H,16,17).